The molecule has 4 nitrogen and oxygen atoms in total. The van der Waals surface area contributed by atoms with Crippen molar-refractivity contribution in [2.45, 2.75) is 38.2 Å². The van der Waals surface area contributed by atoms with Crippen molar-refractivity contribution in [1.29, 1.82) is 0 Å². The van der Waals surface area contributed by atoms with E-state index in [0.717, 1.165) is 36.8 Å². The van der Waals surface area contributed by atoms with Gasteiger partial charge in [-0.15, -0.1) is 90.0 Å². The van der Waals surface area contributed by atoms with Crippen LogP contribution in [0, 0.1) is 24.0 Å². The second kappa shape index (κ2) is 19.0. The summed E-state index contributed by atoms with van der Waals surface area (Å²) in [5.74, 6) is -1.21. The molecule has 0 amide bonds. The van der Waals surface area contributed by atoms with Crippen LogP contribution in [0.15, 0.2) is 181 Å². The topological polar surface area (TPSA) is 51.8 Å². The van der Waals surface area contributed by atoms with Gasteiger partial charge >= 0.3 is 20.1 Å². The molecular weight excluding hydrogens is 954 g/mol. The maximum atomic E-state index is 16.1. The van der Waals surface area contributed by atoms with Crippen molar-refractivity contribution in [3.05, 3.63) is 234 Å². The van der Waals surface area contributed by atoms with Gasteiger partial charge in [0.2, 0.25) is 0 Å². The zero-order chi connectivity index (χ0) is 57.6. The van der Waals surface area contributed by atoms with Gasteiger partial charge in [0.05, 0.1) is 13.8 Å². The molecule has 0 atom stereocenters. The summed E-state index contributed by atoms with van der Waals surface area (Å²) in [7, 11) is 0. The third-order valence-electron chi connectivity index (χ3n) is 9.71. The Kier molecular flexibility index (Phi) is 7.65. The van der Waals surface area contributed by atoms with Gasteiger partial charge in [-0.3, -0.25) is 0 Å². The molecule has 6 aromatic carbocycles. The number of aromatic nitrogens is 3. The van der Waals surface area contributed by atoms with E-state index in [1.54, 1.807) is 48.5 Å². The van der Waals surface area contributed by atoms with Crippen LogP contribution < -0.4 is 0 Å². The van der Waals surface area contributed by atoms with Crippen molar-refractivity contribution < 1.29 is 53.6 Å². The van der Waals surface area contributed by atoms with Crippen LogP contribution in [0.4, 0.5) is 4.39 Å². The largest absolute Gasteiger partial charge is 3.00 e. The molecule has 0 aliphatic carbocycles. The van der Waals surface area contributed by atoms with Crippen LogP contribution in [0.3, 0.4) is 0 Å². The summed E-state index contributed by atoms with van der Waals surface area (Å²) in [6.45, 7) is 0. The van der Waals surface area contributed by atoms with Crippen LogP contribution in [0.5, 0.6) is 0 Å². The van der Waals surface area contributed by atoms with E-state index in [4.69, 9.17) is 12.6 Å². The van der Waals surface area contributed by atoms with Gasteiger partial charge in [-0.25, -0.2) is 4.39 Å². The molecule has 4 aromatic heterocycles. The molecule has 0 fully saturated rings. The van der Waals surface area contributed by atoms with Gasteiger partial charge in [-0.2, -0.15) is 0 Å². The summed E-state index contributed by atoms with van der Waals surface area (Å²) in [4.78, 5) is 13.1. The summed E-state index contributed by atoms with van der Waals surface area (Å²) in [6, 6.07) is 33.6. The maximum Gasteiger partial charge on any atom is 3.00 e. The second-order valence-electron chi connectivity index (χ2n) is 13.8. The maximum absolute atomic E-state index is 16.1. The molecule has 0 aliphatic heterocycles. The molecule has 0 saturated heterocycles. The van der Waals surface area contributed by atoms with Gasteiger partial charge in [0, 0.05) is 52.0 Å². The Hall–Kier alpha value is -6.85. The van der Waals surface area contributed by atoms with Crippen LogP contribution in [-0.2, 0) is 58.3 Å². The summed E-state index contributed by atoms with van der Waals surface area (Å²) in [5, 5.41) is 0.435. The molecule has 63 heavy (non-hydrogen) atoms. The monoisotopic (exact) mass is 1010 g/mol. The first-order valence-corrected chi connectivity index (χ1v) is 19.3. The molecule has 0 saturated carbocycles. The molecule has 0 N–H and O–H groups in total. The molecule has 10 rings (SSSR count). The zero-order valence-corrected chi connectivity index (χ0v) is 35.1. The van der Waals surface area contributed by atoms with Crippen molar-refractivity contribution in [2.24, 2.45) is 0 Å². The Balaban J connectivity index is 0.00000792. The summed E-state index contributed by atoms with van der Waals surface area (Å²) >= 11 is 0. The number of fused-ring (bicyclic) bond motifs is 3. The third-order valence-corrected chi connectivity index (χ3v) is 9.71. The SMILES string of the molecule is [2H]c1c([2H])c([2H])c(-c2cc3c(oc4c(-c5ccc(C([2H])([2H])C([2H])([2H])c6cc(C([2H])([2H])C([2H])([2H])c7ccc(-c8[c-]cccc8)nc7)cc(C([2H])([2H])C([2H])([2H])c7ccc(-c8[c-]cccc8)nc7)c6)cn5)[c-]ccc43)c([2H])c2F)c([2H])c1[2H].[Ir+3]. The van der Waals surface area contributed by atoms with E-state index in [2.05, 4.69) is 33.2 Å². The Morgan fingerprint density at radius 1 is 0.540 bits per heavy atom. The first kappa shape index (κ1) is 25.3. The van der Waals surface area contributed by atoms with Crippen molar-refractivity contribution in [3.63, 3.8) is 0 Å². The molecule has 10 aromatic rings. The minimum Gasteiger partial charge on any atom is -0.500 e. The number of rotatable bonds is 13. The number of nitrogens with zero attached hydrogens (tertiary/aromatic N) is 3. The number of furan rings is 1. The van der Waals surface area contributed by atoms with Crippen molar-refractivity contribution in [2.75, 3.05) is 0 Å². The quantitative estimate of drug-likeness (QED) is 0.108. The first-order valence-electron chi connectivity index (χ1n) is 28.3. The molecule has 0 spiro atoms. The number of benzene rings is 6. The smallest absolute Gasteiger partial charge is 0.500 e. The average Bonchev–Trinajstić information content (AvgIpc) is 3.94. The van der Waals surface area contributed by atoms with Crippen LogP contribution in [0.25, 0.3) is 66.8 Å². The van der Waals surface area contributed by atoms with Gasteiger partial charge in [0.25, 0.3) is 0 Å². The number of halogens is 1. The van der Waals surface area contributed by atoms with Crippen LogP contribution in [0.2, 0.25) is 0 Å². The predicted octanol–water partition coefficient (Wildman–Crippen LogP) is 13.3. The fraction of sp³-hybridized carbons (Fsp3) is 0.105. The standard InChI is InChI=1S/C57H41FN3O.Ir/c58-52-35-56-51(34-50(52)45-11-4-1-5-12-45)48-17-10-18-49(57(48)62-56)55-30-27-41(38-61-55)21-24-44-32-42(22-19-39-25-28-53(59-36-39)46-13-6-2-7-14-46)31-43(33-44)23-20-40-26-29-54(60-37-40)47-15-8-3-9-16-47;/h1-13,15,17,25-38H,19-24H2;/q-3;+3/i1D,4D,5D,11D,12D,19D2,20D2,21D2,22D2,23D2,24D2,35D;. The van der Waals surface area contributed by atoms with Crippen molar-refractivity contribution >= 4 is 21.9 Å². The minimum absolute atomic E-state index is 0. The number of hydrogen-bond donors (Lipinski definition) is 0. The Morgan fingerprint density at radius 3 is 1.56 bits per heavy atom. The third kappa shape index (κ3) is 9.49. The predicted molar refractivity (Wildman–Crippen MR) is 247 cm³/mol. The van der Waals surface area contributed by atoms with Crippen molar-refractivity contribution in [3.8, 4) is 44.9 Å². The minimum atomic E-state index is -3.24. The summed E-state index contributed by atoms with van der Waals surface area (Å²) in [6.07, 6.45) is -15.3. The van der Waals surface area contributed by atoms with Gasteiger partial charge < -0.3 is 19.4 Å². The van der Waals surface area contributed by atoms with Crippen LogP contribution in [0.1, 0.15) is 58.1 Å². The second-order valence-corrected chi connectivity index (χ2v) is 13.8. The Bertz CT molecular complexity index is 3880. The number of pyridine rings is 3. The fourth-order valence-electron chi connectivity index (χ4n) is 6.70. The van der Waals surface area contributed by atoms with E-state index in [-0.39, 0.29) is 70.0 Å². The van der Waals surface area contributed by atoms with E-state index in [0.29, 0.717) is 22.5 Å². The first-order chi connectivity index (χ1) is 37.6. The van der Waals surface area contributed by atoms with E-state index in [9.17, 15) is 16.4 Å². The molecule has 6 heteroatoms. The van der Waals surface area contributed by atoms with Gasteiger partial charge in [-0.05, 0) is 100 Å². The number of hydrogen-bond acceptors (Lipinski definition) is 4. The molecule has 0 unspecified atom stereocenters. The molecule has 4 heterocycles. The molecule has 0 aliphatic rings. The van der Waals surface area contributed by atoms with Gasteiger partial charge in [0.1, 0.15) is 11.4 Å². The molecule has 0 radical (unpaired) electrons. The van der Waals surface area contributed by atoms with E-state index < -0.39 is 108 Å². The Labute approximate surface area is 406 Å². The van der Waals surface area contributed by atoms with Crippen LogP contribution >= 0.6 is 0 Å². The zero-order valence-electron chi connectivity index (χ0n) is 50.7. The molecule has 306 valence electrons. The van der Waals surface area contributed by atoms with E-state index in [1.165, 1.54) is 54.6 Å². The van der Waals surface area contributed by atoms with E-state index >= 15 is 4.39 Å². The Morgan fingerprint density at radius 2 is 1.06 bits per heavy atom. The average molecular weight is 1010 g/mol. The van der Waals surface area contributed by atoms with Gasteiger partial charge in [0.15, 0.2) is 0 Å². The van der Waals surface area contributed by atoms with Crippen LogP contribution in [-0.4, -0.2) is 15.0 Å². The van der Waals surface area contributed by atoms with E-state index in [1.807, 2.05) is 0 Å². The summed E-state index contributed by atoms with van der Waals surface area (Å²) < 4.78 is 184. The van der Waals surface area contributed by atoms with Gasteiger partial charge in [-0.1, -0.05) is 95.8 Å². The molecule has 0 bridgehead atoms. The van der Waals surface area contributed by atoms with Crippen molar-refractivity contribution in [1.82, 2.24) is 15.0 Å². The molecular formula is C57H41FIrN3O. The number of aryl methyl sites for hydroxylation is 6. The normalized spacial score (nSPS) is 16.7. The fourth-order valence-corrected chi connectivity index (χ4v) is 6.70. The summed E-state index contributed by atoms with van der Waals surface area (Å²) in [5.41, 5.74) is -1.79.